The van der Waals surface area contributed by atoms with E-state index in [0.29, 0.717) is 5.41 Å². The van der Waals surface area contributed by atoms with Crippen LogP contribution in [0.3, 0.4) is 0 Å². The molecule has 20 heavy (non-hydrogen) atoms. The highest BCUT2D eigenvalue weighted by Crippen LogP contribution is 2.30. The fourth-order valence-electron chi connectivity index (χ4n) is 2.84. The van der Waals surface area contributed by atoms with Crippen molar-refractivity contribution in [2.45, 2.75) is 53.1 Å². The third kappa shape index (κ3) is 4.60. The van der Waals surface area contributed by atoms with Crippen molar-refractivity contribution >= 4 is 0 Å². The van der Waals surface area contributed by atoms with Gasteiger partial charge in [-0.1, -0.05) is 45.0 Å². The van der Waals surface area contributed by atoms with E-state index < -0.39 is 0 Å². The number of nitrogens with one attached hydrogen (secondary N) is 1. The van der Waals surface area contributed by atoms with Crippen LogP contribution in [-0.2, 0) is 13.1 Å². The van der Waals surface area contributed by atoms with Crippen LogP contribution in [0.1, 0.15) is 51.2 Å². The van der Waals surface area contributed by atoms with E-state index in [-0.39, 0.29) is 0 Å². The van der Waals surface area contributed by atoms with Crippen LogP contribution in [0.2, 0.25) is 0 Å². The van der Waals surface area contributed by atoms with Gasteiger partial charge in [-0.3, -0.25) is 4.90 Å². The Morgan fingerprint density at radius 3 is 2.40 bits per heavy atom. The number of hydrogen-bond acceptors (Lipinski definition) is 2. The van der Waals surface area contributed by atoms with Crippen molar-refractivity contribution < 1.29 is 0 Å². The van der Waals surface area contributed by atoms with Gasteiger partial charge in [0, 0.05) is 13.1 Å². The molecule has 2 nitrogen and oxygen atoms in total. The molecule has 0 bridgehead atoms. The van der Waals surface area contributed by atoms with Crippen molar-refractivity contribution in [3.8, 4) is 0 Å². The molecule has 0 atom stereocenters. The molecular formula is C18H30N2. The van der Waals surface area contributed by atoms with E-state index in [1.165, 1.54) is 43.5 Å². The summed E-state index contributed by atoms with van der Waals surface area (Å²) in [5.74, 6) is 0. The van der Waals surface area contributed by atoms with E-state index in [4.69, 9.17) is 0 Å². The highest BCUT2D eigenvalue weighted by molar-refractivity contribution is 5.27. The lowest BCUT2D eigenvalue weighted by Gasteiger charge is -2.37. The zero-order valence-electron chi connectivity index (χ0n) is 13.4. The fraction of sp³-hybridized carbons (Fsp3) is 0.667. The zero-order chi connectivity index (χ0) is 14.4. The predicted octanol–water partition coefficient (Wildman–Crippen LogP) is 3.81. The number of nitrogens with zero attached hydrogens (tertiary/aromatic N) is 1. The normalized spacial score (nSPS) is 19.1. The van der Waals surface area contributed by atoms with Gasteiger partial charge in [-0.05, 0) is 55.4 Å². The molecule has 2 heteroatoms. The molecule has 1 saturated heterocycles. The summed E-state index contributed by atoms with van der Waals surface area (Å²) in [5, 5.41) is 3.52. The summed E-state index contributed by atoms with van der Waals surface area (Å²) >= 11 is 0. The first-order valence-corrected chi connectivity index (χ1v) is 8.10. The van der Waals surface area contributed by atoms with Gasteiger partial charge in [-0.25, -0.2) is 0 Å². The van der Waals surface area contributed by atoms with Crippen LogP contribution in [-0.4, -0.2) is 24.5 Å². The Morgan fingerprint density at radius 2 is 1.75 bits per heavy atom. The molecule has 0 radical (unpaired) electrons. The van der Waals surface area contributed by atoms with E-state index in [9.17, 15) is 0 Å². The first kappa shape index (κ1) is 15.5. The van der Waals surface area contributed by atoms with Gasteiger partial charge in [0.05, 0.1) is 0 Å². The van der Waals surface area contributed by atoms with E-state index >= 15 is 0 Å². The lowest BCUT2D eigenvalue weighted by atomic mass is 9.82. The molecule has 1 aromatic rings. The highest BCUT2D eigenvalue weighted by atomic mass is 15.1. The molecule has 0 aromatic heterocycles. The van der Waals surface area contributed by atoms with Gasteiger partial charge in [-0.15, -0.1) is 0 Å². The van der Waals surface area contributed by atoms with Gasteiger partial charge in [0.2, 0.25) is 0 Å². The van der Waals surface area contributed by atoms with Crippen LogP contribution in [0, 0.1) is 5.41 Å². The quantitative estimate of drug-likeness (QED) is 0.794. The number of benzene rings is 1. The molecule has 1 N–H and O–H groups in total. The second kappa shape index (κ2) is 7.24. The standard InChI is InChI=1S/C18H30N2/c1-4-11-19-14-16-7-5-6-8-17(16)15-20-12-9-18(2,3)10-13-20/h5-8,19H,4,9-15H2,1-3H3. The van der Waals surface area contributed by atoms with E-state index in [2.05, 4.69) is 55.3 Å². The summed E-state index contributed by atoms with van der Waals surface area (Å²) in [6.45, 7) is 12.7. The van der Waals surface area contributed by atoms with Gasteiger partial charge >= 0.3 is 0 Å². The van der Waals surface area contributed by atoms with Crippen LogP contribution >= 0.6 is 0 Å². The van der Waals surface area contributed by atoms with Gasteiger partial charge < -0.3 is 5.32 Å². The molecule has 0 saturated carbocycles. The Hall–Kier alpha value is -0.860. The molecule has 0 unspecified atom stereocenters. The Morgan fingerprint density at radius 1 is 1.10 bits per heavy atom. The number of likely N-dealkylation sites (tertiary alicyclic amines) is 1. The van der Waals surface area contributed by atoms with Crippen LogP contribution in [0.5, 0.6) is 0 Å². The molecule has 1 aliphatic rings. The molecule has 2 rings (SSSR count). The highest BCUT2D eigenvalue weighted by Gasteiger charge is 2.25. The second-order valence-corrected chi connectivity index (χ2v) is 6.89. The van der Waals surface area contributed by atoms with Gasteiger partial charge in [0.1, 0.15) is 0 Å². The molecule has 1 fully saturated rings. The molecule has 0 amide bonds. The average molecular weight is 274 g/mol. The van der Waals surface area contributed by atoms with Crippen molar-refractivity contribution in [2.24, 2.45) is 5.41 Å². The Kier molecular flexibility index (Phi) is 5.62. The Balaban J connectivity index is 1.92. The summed E-state index contributed by atoms with van der Waals surface area (Å²) in [6, 6.07) is 8.90. The van der Waals surface area contributed by atoms with Gasteiger partial charge in [-0.2, -0.15) is 0 Å². The maximum atomic E-state index is 3.52. The van der Waals surface area contributed by atoms with Gasteiger partial charge in [0.25, 0.3) is 0 Å². The van der Waals surface area contributed by atoms with Crippen molar-refractivity contribution in [1.82, 2.24) is 10.2 Å². The second-order valence-electron chi connectivity index (χ2n) is 6.89. The van der Waals surface area contributed by atoms with Gasteiger partial charge in [0.15, 0.2) is 0 Å². The third-order valence-corrected chi connectivity index (χ3v) is 4.46. The van der Waals surface area contributed by atoms with Crippen molar-refractivity contribution in [3.05, 3.63) is 35.4 Å². The third-order valence-electron chi connectivity index (χ3n) is 4.46. The molecule has 112 valence electrons. The number of rotatable bonds is 6. The van der Waals surface area contributed by atoms with Crippen molar-refractivity contribution in [2.75, 3.05) is 19.6 Å². The van der Waals surface area contributed by atoms with Crippen LogP contribution in [0.25, 0.3) is 0 Å². The summed E-state index contributed by atoms with van der Waals surface area (Å²) in [6.07, 6.45) is 3.84. The average Bonchev–Trinajstić information content (AvgIpc) is 2.43. The van der Waals surface area contributed by atoms with Crippen LogP contribution < -0.4 is 5.32 Å². The van der Waals surface area contributed by atoms with E-state index in [1.54, 1.807) is 0 Å². The molecule has 0 aliphatic carbocycles. The Bertz CT molecular complexity index is 402. The topological polar surface area (TPSA) is 15.3 Å². The summed E-state index contributed by atoms with van der Waals surface area (Å²) < 4.78 is 0. The van der Waals surface area contributed by atoms with E-state index in [0.717, 1.165) is 19.6 Å². The Labute approximate surface area is 124 Å². The lowest BCUT2D eigenvalue weighted by molar-refractivity contribution is 0.127. The first-order valence-electron chi connectivity index (χ1n) is 8.10. The SMILES string of the molecule is CCCNCc1ccccc1CN1CCC(C)(C)CC1. The minimum absolute atomic E-state index is 0.540. The fourth-order valence-corrected chi connectivity index (χ4v) is 2.84. The molecule has 1 aromatic carbocycles. The first-order chi connectivity index (χ1) is 9.61. The molecule has 0 spiro atoms. The molecule has 1 heterocycles. The van der Waals surface area contributed by atoms with Crippen molar-refractivity contribution in [1.29, 1.82) is 0 Å². The summed E-state index contributed by atoms with van der Waals surface area (Å²) in [5.41, 5.74) is 3.50. The largest absolute Gasteiger partial charge is 0.313 e. The monoisotopic (exact) mass is 274 g/mol. The molecular weight excluding hydrogens is 244 g/mol. The zero-order valence-corrected chi connectivity index (χ0v) is 13.4. The number of piperidine rings is 1. The van der Waals surface area contributed by atoms with Crippen LogP contribution in [0.15, 0.2) is 24.3 Å². The molecule has 1 aliphatic heterocycles. The minimum atomic E-state index is 0.540. The smallest absolute Gasteiger partial charge is 0.0236 e. The predicted molar refractivity (Wildman–Crippen MR) is 86.7 cm³/mol. The maximum absolute atomic E-state index is 3.52. The van der Waals surface area contributed by atoms with E-state index in [1.807, 2.05) is 0 Å². The maximum Gasteiger partial charge on any atom is 0.0236 e. The van der Waals surface area contributed by atoms with Crippen LogP contribution in [0.4, 0.5) is 0 Å². The summed E-state index contributed by atoms with van der Waals surface area (Å²) in [7, 11) is 0. The lowest BCUT2D eigenvalue weighted by Crippen LogP contribution is -2.37. The van der Waals surface area contributed by atoms with Crippen molar-refractivity contribution in [3.63, 3.8) is 0 Å². The summed E-state index contributed by atoms with van der Waals surface area (Å²) in [4.78, 5) is 2.61. The minimum Gasteiger partial charge on any atom is -0.313 e. The number of hydrogen-bond donors (Lipinski definition) is 1.